The molecule has 0 saturated carbocycles. The lowest BCUT2D eigenvalue weighted by atomic mass is 10.1. The highest BCUT2D eigenvalue weighted by atomic mass is 32.1. The summed E-state index contributed by atoms with van der Waals surface area (Å²) in [6.07, 6.45) is 3.23. The second-order valence-corrected chi connectivity index (χ2v) is 5.65. The number of nitrogens with two attached hydrogens (primary N) is 1. The number of aliphatic hydroxyl groups is 1. The van der Waals surface area contributed by atoms with E-state index >= 15 is 0 Å². The average molecular weight is 311 g/mol. The Morgan fingerprint density at radius 1 is 1.55 bits per heavy atom. The van der Waals surface area contributed by atoms with Crippen molar-refractivity contribution in [1.82, 2.24) is 4.98 Å². The molecule has 1 atom stereocenters. The number of anilines is 1. The summed E-state index contributed by atoms with van der Waals surface area (Å²) in [5, 5.41) is 12.7. The summed E-state index contributed by atoms with van der Waals surface area (Å²) < 4.78 is 0. The maximum Gasteiger partial charge on any atom is 0.174 e. The molecule has 0 amide bonds. The van der Waals surface area contributed by atoms with Gasteiger partial charge in [-0.2, -0.15) is 0 Å². The maximum absolute atomic E-state index is 10.4. The van der Waals surface area contributed by atoms with Crippen LogP contribution in [0.2, 0.25) is 0 Å². The summed E-state index contributed by atoms with van der Waals surface area (Å²) in [7, 11) is 0. The van der Waals surface area contributed by atoms with Gasteiger partial charge >= 0.3 is 0 Å². The van der Waals surface area contributed by atoms with Gasteiger partial charge in [0.15, 0.2) is 5.60 Å². The van der Waals surface area contributed by atoms with E-state index in [0.29, 0.717) is 10.8 Å². The summed E-state index contributed by atoms with van der Waals surface area (Å²) in [6, 6.07) is 7.44. The van der Waals surface area contributed by atoms with E-state index in [1.807, 2.05) is 24.3 Å². The number of nitrogens with zero attached hydrogens (tertiary/aromatic N) is 2. The Balaban J connectivity index is 2.31. The van der Waals surface area contributed by atoms with Crippen molar-refractivity contribution in [3.63, 3.8) is 0 Å². The van der Waals surface area contributed by atoms with Crippen LogP contribution in [0.3, 0.4) is 0 Å². The highest BCUT2D eigenvalue weighted by molar-refractivity contribution is 7.09. The molecule has 0 saturated heterocycles. The molecule has 1 aromatic heterocycles. The molecule has 1 heterocycles. The van der Waals surface area contributed by atoms with Gasteiger partial charge in [0.2, 0.25) is 0 Å². The number of hydrogen-bond acceptors (Lipinski definition) is 5. The molecular formula is C17H17N3OS. The fraction of sp³-hybridized carbons (Fsp3) is 0.118. The van der Waals surface area contributed by atoms with Crippen LogP contribution < -0.4 is 10.6 Å². The molecule has 5 heteroatoms. The van der Waals surface area contributed by atoms with Gasteiger partial charge in [-0.25, -0.2) is 4.98 Å². The SMILES string of the molecule is C=CN(C(=C)N)c1cccc(C#C[C@@](C)(O)c2nccs2)c1. The molecule has 112 valence electrons. The van der Waals surface area contributed by atoms with Crippen molar-refractivity contribution < 1.29 is 5.11 Å². The highest BCUT2D eigenvalue weighted by Gasteiger charge is 2.22. The normalized spacial score (nSPS) is 12.6. The maximum atomic E-state index is 10.4. The zero-order chi connectivity index (χ0) is 16.2. The van der Waals surface area contributed by atoms with Crippen LogP contribution >= 0.6 is 11.3 Å². The van der Waals surface area contributed by atoms with Crippen molar-refractivity contribution in [3.8, 4) is 11.8 Å². The first kappa shape index (κ1) is 15.8. The molecule has 22 heavy (non-hydrogen) atoms. The van der Waals surface area contributed by atoms with Gasteiger partial charge < -0.3 is 15.7 Å². The number of hydrogen-bond donors (Lipinski definition) is 2. The largest absolute Gasteiger partial charge is 0.385 e. The van der Waals surface area contributed by atoms with Gasteiger partial charge in [0, 0.05) is 29.0 Å². The van der Waals surface area contributed by atoms with Crippen LogP contribution in [0.15, 0.2) is 61.0 Å². The molecule has 0 fully saturated rings. The third-order valence-corrected chi connectivity index (χ3v) is 3.90. The number of benzene rings is 1. The Morgan fingerprint density at radius 2 is 2.32 bits per heavy atom. The first-order valence-electron chi connectivity index (χ1n) is 6.56. The molecule has 4 nitrogen and oxygen atoms in total. The lowest BCUT2D eigenvalue weighted by Crippen LogP contribution is -2.20. The smallest absolute Gasteiger partial charge is 0.174 e. The van der Waals surface area contributed by atoms with Gasteiger partial charge in [-0.3, -0.25) is 0 Å². The summed E-state index contributed by atoms with van der Waals surface area (Å²) in [5.74, 6) is 6.18. The van der Waals surface area contributed by atoms with Gasteiger partial charge in [0.05, 0.1) is 5.82 Å². The van der Waals surface area contributed by atoms with Crippen LogP contribution in [-0.2, 0) is 5.60 Å². The van der Waals surface area contributed by atoms with Gasteiger partial charge in [-0.1, -0.05) is 31.1 Å². The minimum absolute atomic E-state index is 0.370. The fourth-order valence-corrected chi connectivity index (χ4v) is 2.49. The zero-order valence-corrected chi connectivity index (χ0v) is 13.1. The first-order valence-corrected chi connectivity index (χ1v) is 7.44. The molecule has 0 aliphatic heterocycles. The van der Waals surface area contributed by atoms with Gasteiger partial charge in [0.25, 0.3) is 0 Å². The van der Waals surface area contributed by atoms with E-state index in [1.54, 1.807) is 29.6 Å². The summed E-state index contributed by atoms with van der Waals surface area (Å²) in [5.41, 5.74) is 6.00. The van der Waals surface area contributed by atoms with E-state index in [4.69, 9.17) is 5.73 Å². The molecule has 0 radical (unpaired) electrons. The Labute approximate surface area is 134 Å². The van der Waals surface area contributed by atoms with Crippen molar-refractivity contribution in [2.24, 2.45) is 5.73 Å². The second kappa shape index (κ2) is 6.48. The summed E-state index contributed by atoms with van der Waals surface area (Å²) in [6.45, 7) is 9.04. The number of aromatic nitrogens is 1. The molecule has 1 aromatic carbocycles. The molecule has 0 bridgehead atoms. The molecule has 0 aliphatic rings. The van der Waals surface area contributed by atoms with Crippen LogP contribution in [0.25, 0.3) is 0 Å². The third-order valence-electron chi connectivity index (χ3n) is 2.92. The van der Waals surface area contributed by atoms with E-state index in [0.717, 1.165) is 11.3 Å². The lowest BCUT2D eigenvalue weighted by Gasteiger charge is -2.19. The Bertz CT molecular complexity index is 739. The Morgan fingerprint density at radius 3 is 2.91 bits per heavy atom. The first-order chi connectivity index (χ1) is 10.4. The van der Waals surface area contributed by atoms with Crippen molar-refractivity contribution in [1.29, 1.82) is 0 Å². The average Bonchev–Trinajstić information content (AvgIpc) is 3.01. The second-order valence-electron chi connectivity index (χ2n) is 4.75. The predicted molar refractivity (Wildman–Crippen MR) is 91.0 cm³/mol. The Kier molecular flexibility index (Phi) is 4.66. The van der Waals surface area contributed by atoms with Crippen molar-refractivity contribution in [2.75, 3.05) is 4.90 Å². The van der Waals surface area contributed by atoms with Crippen LogP contribution in [0.4, 0.5) is 5.69 Å². The van der Waals surface area contributed by atoms with Crippen LogP contribution in [0.1, 0.15) is 17.5 Å². The summed E-state index contributed by atoms with van der Waals surface area (Å²) in [4.78, 5) is 5.76. The third kappa shape index (κ3) is 3.55. The van der Waals surface area contributed by atoms with Gasteiger partial charge in [0.1, 0.15) is 5.01 Å². The van der Waals surface area contributed by atoms with E-state index in [2.05, 4.69) is 30.0 Å². The van der Waals surface area contributed by atoms with Crippen LogP contribution in [0.5, 0.6) is 0 Å². The molecular weight excluding hydrogens is 294 g/mol. The van der Waals surface area contributed by atoms with Crippen LogP contribution in [0, 0.1) is 11.8 Å². The molecule has 2 rings (SSSR count). The summed E-state index contributed by atoms with van der Waals surface area (Å²) >= 11 is 1.37. The fourth-order valence-electron chi connectivity index (χ4n) is 1.83. The topological polar surface area (TPSA) is 62.4 Å². The van der Waals surface area contributed by atoms with E-state index in [9.17, 15) is 5.11 Å². The standard InChI is InChI=1S/C17H17N3OS/c1-4-20(13(2)18)15-7-5-6-14(12-15)8-9-17(3,21)16-19-10-11-22-16/h4-7,10-12,21H,1-2,18H2,3H3/t17-/m1/s1. The van der Waals surface area contributed by atoms with E-state index in [1.165, 1.54) is 11.3 Å². The van der Waals surface area contributed by atoms with Crippen molar-refractivity contribution in [3.05, 3.63) is 71.6 Å². The van der Waals surface area contributed by atoms with E-state index in [-0.39, 0.29) is 0 Å². The lowest BCUT2D eigenvalue weighted by molar-refractivity contribution is 0.122. The zero-order valence-electron chi connectivity index (χ0n) is 12.3. The van der Waals surface area contributed by atoms with Crippen molar-refractivity contribution in [2.45, 2.75) is 12.5 Å². The predicted octanol–water partition coefficient (Wildman–Crippen LogP) is 2.78. The molecule has 3 N–H and O–H groups in total. The Hall–Kier alpha value is -2.55. The highest BCUT2D eigenvalue weighted by Crippen LogP contribution is 2.22. The molecule has 0 aliphatic carbocycles. The van der Waals surface area contributed by atoms with Gasteiger partial charge in [-0.05, 0) is 25.1 Å². The molecule has 0 unspecified atom stereocenters. The molecule has 2 aromatic rings. The molecule has 0 spiro atoms. The number of rotatable bonds is 4. The van der Waals surface area contributed by atoms with Gasteiger partial charge in [-0.15, -0.1) is 11.3 Å². The minimum atomic E-state index is -1.28. The number of thiazole rings is 1. The van der Waals surface area contributed by atoms with Crippen molar-refractivity contribution >= 4 is 17.0 Å². The van der Waals surface area contributed by atoms with Crippen LogP contribution in [-0.4, -0.2) is 10.1 Å². The monoisotopic (exact) mass is 311 g/mol. The quantitative estimate of drug-likeness (QED) is 0.852. The minimum Gasteiger partial charge on any atom is -0.385 e. The van der Waals surface area contributed by atoms with E-state index < -0.39 is 5.60 Å².